The second-order valence-corrected chi connectivity index (χ2v) is 3.57. The van der Waals surface area contributed by atoms with E-state index in [0.29, 0.717) is 26.4 Å². The lowest BCUT2D eigenvalue weighted by Crippen LogP contribution is -2.08. The number of hydrogen-bond donors (Lipinski definition) is 1. The van der Waals surface area contributed by atoms with Crippen molar-refractivity contribution in [1.29, 1.82) is 0 Å². The predicted molar refractivity (Wildman–Crippen MR) is 62.5 cm³/mol. The number of rotatable bonds is 5. The molecule has 0 bridgehead atoms. The minimum atomic E-state index is 0.558. The Morgan fingerprint density at radius 1 is 1.31 bits per heavy atom. The van der Waals surface area contributed by atoms with E-state index in [0.717, 1.165) is 23.6 Å². The van der Waals surface area contributed by atoms with E-state index in [1.165, 1.54) is 0 Å². The zero-order valence-corrected chi connectivity index (χ0v) is 9.19. The highest BCUT2D eigenvalue weighted by molar-refractivity contribution is 5.94. The fourth-order valence-electron chi connectivity index (χ4n) is 1.53. The van der Waals surface area contributed by atoms with Crippen molar-refractivity contribution in [2.75, 3.05) is 26.3 Å². The molecule has 0 saturated heterocycles. The summed E-state index contributed by atoms with van der Waals surface area (Å²) in [4.78, 5) is 4.26. The Labute approximate surface area is 95.1 Å². The highest BCUT2D eigenvalue weighted by atomic mass is 16.5. The van der Waals surface area contributed by atoms with Crippen LogP contribution in [0.15, 0.2) is 29.3 Å². The third-order valence-electron chi connectivity index (χ3n) is 2.32. The highest BCUT2D eigenvalue weighted by Crippen LogP contribution is 2.10. The number of benzene rings is 1. The molecule has 0 aromatic heterocycles. The summed E-state index contributed by atoms with van der Waals surface area (Å²) < 4.78 is 10.7. The fourth-order valence-corrected chi connectivity index (χ4v) is 1.53. The molecule has 1 aromatic rings. The molecule has 1 aromatic carbocycles. The maximum absolute atomic E-state index is 5.38. The van der Waals surface area contributed by atoms with E-state index in [4.69, 9.17) is 15.2 Å². The lowest BCUT2D eigenvalue weighted by molar-refractivity contribution is 0.128. The van der Waals surface area contributed by atoms with E-state index in [2.05, 4.69) is 4.99 Å². The Bertz CT molecular complexity index is 360. The Morgan fingerprint density at radius 2 is 2.12 bits per heavy atom. The lowest BCUT2D eigenvalue weighted by Gasteiger charge is -2.05. The van der Waals surface area contributed by atoms with Crippen molar-refractivity contribution in [3.63, 3.8) is 0 Å². The summed E-state index contributed by atoms with van der Waals surface area (Å²) in [5, 5.41) is 0. The molecule has 0 fully saturated rings. The van der Waals surface area contributed by atoms with Crippen LogP contribution < -0.4 is 5.73 Å². The summed E-state index contributed by atoms with van der Waals surface area (Å²) in [6.45, 7) is 3.21. The molecule has 0 saturated carbocycles. The van der Waals surface area contributed by atoms with Crippen molar-refractivity contribution in [2.45, 2.75) is 6.61 Å². The smallest absolute Gasteiger partial charge is 0.216 e. The van der Waals surface area contributed by atoms with Crippen molar-refractivity contribution < 1.29 is 9.47 Å². The van der Waals surface area contributed by atoms with Crippen LogP contribution in [0.4, 0.5) is 0 Å². The Morgan fingerprint density at radius 3 is 2.75 bits per heavy atom. The van der Waals surface area contributed by atoms with Crippen LogP contribution in [0.2, 0.25) is 0 Å². The molecular formula is C12H16N2O2. The third kappa shape index (κ3) is 2.81. The van der Waals surface area contributed by atoms with Crippen LogP contribution in [0, 0.1) is 0 Å². The van der Waals surface area contributed by atoms with Crippen LogP contribution in [0.3, 0.4) is 0 Å². The molecule has 2 rings (SSSR count). The van der Waals surface area contributed by atoms with Crippen LogP contribution in [0.1, 0.15) is 11.1 Å². The average molecular weight is 220 g/mol. The standard InChI is InChI=1S/C12H16N2O2/c13-5-7-15-9-10-1-3-11(4-2-10)12-14-6-8-16-12/h1-4H,5-9,13H2. The van der Waals surface area contributed by atoms with Gasteiger partial charge in [0.1, 0.15) is 6.61 Å². The quantitative estimate of drug-likeness (QED) is 0.751. The van der Waals surface area contributed by atoms with Gasteiger partial charge in [-0.25, -0.2) is 4.99 Å². The molecule has 0 spiro atoms. The molecule has 2 N–H and O–H groups in total. The Kier molecular flexibility index (Phi) is 3.91. The van der Waals surface area contributed by atoms with E-state index in [1.807, 2.05) is 24.3 Å². The Hall–Kier alpha value is -1.39. The van der Waals surface area contributed by atoms with Gasteiger partial charge in [0.25, 0.3) is 0 Å². The van der Waals surface area contributed by atoms with Crippen molar-refractivity contribution in [3.05, 3.63) is 35.4 Å². The van der Waals surface area contributed by atoms with Gasteiger partial charge in [0.05, 0.1) is 19.8 Å². The first-order chi connectivity index (χ1) is 7.90. The summed E-state index contributed by atoms with van der Waals surface area (Å²) in [6.07, 6.45) is 0. The fraction of sp³-hybridized carbons (Fsp3) is 0.417. The molecule has 1 aliphatic rings. The monoisotopic (exact) mass is 220 g/mol. The summed E-state index contributed by atoms with van der Waals surface area (Å²) in [5.74, 6) is 0.745. The maximum Gasteiger partial charge on any atom is 0.216 e. The molecule has 4 heteroatoms. The number of aliphatic imine (C=N–C) groups is 1. The molecule has 1 aliphatic heterocycles. The summed E-state index contributed by atoms with van der Waals surface area (Å²) in [5.41, 5.74) is 7.51. The summed E-state index contributed by atoms with van der Waals surface area (Å²) in [6, 6.07) is 8.06. The SMILES string of the molecule is NCCOCc1ccc(C2=NCCO2)cc1. The molecule has 16 heavy (non-hydrogen) atoms. The van der Waals surface area contributed by atoms with Gasteiger partial charge < -0.3 is 15.2 Å². The number of ether oxygens (including phenoxy) is 2. The molecule has 0 radical (unpaired) electrons. The second-order valence-electron chi connectivity index (χ2n) is 3.57. The van der Waals surface area contributed by atoms with Crippen molar-refractivity contribution in [2.24, 2.45) is 10.7 Å². The van der Waals surface area contributed by atoms with Crippen molar-refractivity contribution in [1.82, 2.24) is 0 Å². The van der Waals surface area contributed by atoms with Crippen molar-refractivity contribution in [3.8, 4) is 0 Å². The molecule has 4 nitrogen and oxygen atoms in total. The van der Waals surface area contributed by atoms with E-state index < -0.39 is 0 Å². The topological polar surface area (TPSA) is 56.8 Å². The molecular weight excluding hydrogens is 204 g/mol. The summed E-state index contributed by atoms with van der Waals surface area (Å²) >= 11 is 0. The molecule has 0 unspecified atom stereocenters. The van der Waals surface area contributed by atoms with Crippen molar-refractivity contribution >= 4 is 5.90 Å². The molecule has 0 atom stereocenters. The largest absolute Gasteiger partial charge is 0.476 e. The second kappa shape index (κ2) is 5.63. The van der Waals surface area contributed by atoms with Crippen LogP contribution in [-0.2, 0) is 16.1 Å². The first kappa shape index (κ1) is 11.1. The first-order valence-corrected chi connectivity index (χ1v) is 5.44. The van der Waals surface area contributed by atoms with Gasteiger partial charge in [-0.2, -0.15) is 0 Å². The zero-order chi connectivity index (χ0) is 11.2. The van der Waals surface area contributed by atoms with Gasteiger partial charge in [-0.15, -0.1) is 0 Å². The highest BCUT2D eigenvalue weighted by Gasteiger charge is 2.09. The minimum absolute atomic E-state index is 0.558. The number of nitrogens with zero attached hydrogens (tertiary/aromatic N) is 1. The van der Waals surface area contributed by atoms with E-state index >= 15 is 0 Å². The number of hydrogen-bond acceptors (Lipinski definition) is 4. The third-order valence-corrected chi connectivity index (χ3v) is 2.32. The van der Waals surface area contributed by atoms with Gasteiger partial charge >= 0.3 is 0 Å². The summed E-state index contributed by atoms with van der Waals surface area (Å²) in [7, 11) is 0. The van der Waals surface area contributed by atoms with E-state index in [-0.39, 0.29) is 0 Å². The van der Waals surface area contributed by atoms with Gasteiger partial charge in [0.2, 0.25) is 5.90 Å². The van der Waals surface area contributed by atoms with E-state index in [1.54, 1.807) is 0 Å². The van der Waals surface area contributed by atoms with Crippen LogP contribution >= 0.6 is 0 Å². The normalized spacial score (nSPS) is 14.7. The van der Waals surface area contributed by atoms with Gasteiger partial charge in [0, 0.05) is 12.1 Å². The molecule has 1 heterocycles. The van der Waals surface area contributed by atoms with Gasteiger partial charge in [-0.1, -0.05) is 12.1 Å². The van der Waals surface area contributed by atoms with E-state index in [9.17, 15) is 0 Å². The van der Waals surface area contributed by atoms with Gasteiger partial charge in [-0.3, -0.25) is 0 Å². The minimum Gasteiger partial charge on any atom is -0.476 e. The van der Waals surface area contributed by atoms with Crippen LogP contribution in [0.25, 0.3) is 0 Å². The number of nitrogens with two attached hydrogens (primary N) is 1. The Balaban J connectivity index is 1.93. The lowest BCUT2D eigenvalue weighted by atomic mass is 10.1. The van der Waals surface area contributed by atoms with Gasteiger partial charge in [-0.05, 0) is 17.7 Å². The van der Waals surface area contributed by atoms with Gasteiger partial charge in [0.15, 0.2) is 0 Å². The first-order valence-electron chi connectivity index (χ1n) is 5.44. The maximum atomic E-state index is 5.38. The van der Waals surface area contributed by atoms with Crippen LogP contribution in [0.5, 0.6) is 0 Å². The average Bonchev–Trinajstić information content (AvgIpc) is 2.84. The molecule has 0 amide bonds. The van der Waals surface area contributed by atoms with Crippen LogP contribution in [-0.4, -0.2) is 32.2 Å². The zero-order valence-electron chi connectivity index (χ0n) is 9.19. The molecule has 86 valence electrons. The predicted octanol–water partition coefficient (Wildman–Crippen LogP) is 0.939. The molecule has 0 aliphatic carbocycles.